The van der Waals surface area contributed by atoms with E-state index in [-0.39, 0.29) is 18.3 Å². The molecule has 8 nitrogen and oxygen atoms in total. The number of hydrogen-bond acceptors (Lipinski definition) is 7. The van der Waals surface area contributed by atoms with Crippen molar-refractivity contribution in [1.82, 2.24) is 4.57 Å². The number of carbonyl (C=O) groups is 1. The molecule has 9 heteroatoms. The van der Waals surface area contributed by atoms with Crippen LogP contribution in [0.2, 0.25) is 0 Å². The summed E-state index contributed by atoms with van der Waals surface area (Å²) in [4.78, 5) is 33.1. The standard InChI is InChI=1S/C21H16N4O4S/c1-11-2-4-14-13(6-11)17(19(26)23-14)18-20(27)25-9-24(8-22-21(25)30-18)12-3-5-15-16(7-12)29-10-28-15/h2-7H,8-10H2,1H3,(H,23,26). The van der Waals surface area contributed by atoms with Gasteiger partial charge in [-0.1, -0.05) is 23.0 Å². The molecule has 0 saturated carbocycles. The average molecular weight is 420 g/mol. The van der Waals surface area contributed by atoms with E-state index in [0.29, 0.717) is 39.7 Å². The van der Waals surface area contributed by atoms with Crippen molar-refractivity contribution < 1.29 is 14.3 Å². The Balaban J connectivity index is 1.45. The van der Waals surface area contributed by atoms with Crippen molar-refractivity contribution >= 4 is 34.2 Å². The number of nitrogens with one attached hydrogen (secondary N) is 1. The molecule has 4 heterocycles. The van der Waals surface area contributed by atoms with Crippen LogP contribution in [-0.2, 0) is 11.5 Å². The van der Waals surface area contributed by atoms with Crippen molar-refractivity contribution in [2.24, 2.45) is 4.99 Å². The fraction of sp³-hybridized carbons (Fsp3) is 0.190. The molecule has 0 saturated heterocycles. The number of ether oxygens (including phenoxy) is 2. The third-order valence-electron chi connectivity index (χ3n) is 5.42. The van der Waals surface area contributed by atoms with Gasteiger partial charge in [-0.05, 0) is 31.2 Å². The van der Waals surface area contributed by atoms with E-state index in [1.807, 2.05) is 48.2 Å². The molecule has 0 unspecified atom stereocenters. The second-order valence-corrected chi connectivity index (χ2v) is 8.32. The summed E-state index contributed by atoms with van der Waals surface area (Å²) >= 11 is 1.26. The second kappa shape index (κ2) is 6.20. The van der Waals surface area contributed by atoms with Gasteiger partial charge in [0.1, 0.15) is 17.9 Å². The molecule has 1 aromatic heterocycles. The van der Waals surface area contributed by atoms with Crippen molar-refractivity contribution in [2.45, 2.75) is 13.6 Å². The Hall–Kier alpha value is -3.59. The molecular weight excluding hydrogens is 404 g/mol. The Morgan fingerprint density at radius 2 is 1.97 bits per heavy atom. The number of rotatable bonds is 1. The van der Waals surface area contributed by atoms with Crippen molar-refractivity contribution in [3.8, 4) is 11.5 Å². The molecule has 0 fully saturated rings. The fourth-order valence-corrected chi connectivity index (χ4v) is 4.97. The van der Waals surface area contributed by atoms with Crippen LogP contribution in [0.4, 0.5) is 11.4 Å². The quantitative estimate of drug-likeness (QED) is 0.639. The Bertz CT molecular complexity index is 1420. The molecule has 3 aromatic rings. The molecule has 30 heavy (non-hydrogen) atoms. The lowest BCUT2D eigenvalue weighted by Gasteiger charge is -2.25. The second-order valence-electron chi connectivity index (χ2n) is 7.34. The van der Waals surface area contributed by atoms with E-state index in [9.17, 15) is 9.59 Å². The molecule has 1 amide bonds. The van der Waals surface area contributed by atoms with Crippen LogP contribution in [0.3, 0.4) is 0 Å². The zero-order valence-corrected chi connectivity index (χ0v) is 16.8. The summed E-state index contributed by atoms with van der Waals surface area (Å²) in [5, 5.41) is 2.86. The summed E-state index contributed by atoms with van der Waals surface area (Å²) in [5.74, 6) is 1.14. The lowest BCUT2D eigenvalue weighted by Crippen LogP contribution is -2.43. The molecule has 1 N–H and O–H groups in total. The van der Waals surface area contributed by atoms with Crippen LogP contribution in [0.25, 0.3) is 5.57 Å². The first-order chi connectivity index (χ1) is 14.6. The molecule has 0 atom stereocenters. The minimum Gasteiger partial charge on any atom is -0.454 e. The smallest absolute Gasteiger partial charge is 0.272 e. The number of nitrogens with zero attached hydrogens (tertiary/aromatic N) is 3. The van der Waals surface area contributed by atoms with Crippen LogP contribution in [0.1, 0.15) is 11.1 Å². The SMILES string of the molecule is Cc1ccc2c(c1)C(=c1sc3n(c1=O)CN(c1ccc4c(c1)OCO4)CN=3)C(=O)N2. The Kier molecular flexibility index (Phi) is 3.57. The largest absolute Gasteiger partial charge is 0.454 e. The van der Waals surface area contributed by atoms with Crippen molar-refractivity contribution in [1.29, 1.82) is 0 Å². The number of fused-ring (bicyclic) bond motifs is 3. The van der Waals surface area contributed by atoms with Gasteiger partial charge in [-0.3, -0.25) is 14.2 Å². The van der Waals surface area contributed by atoms with Gasteiger partial charge in [-0.25, -0.2) is 4.99 Å². The monoisotopic (exact) mass is 420 g/mol. The summed E-state index contributed by atoms with van der Waals surface area (Å²) in [7, 11) is 0. The van der Waals surface area contributed by atoms with Gasteiger partial charge >= 0.3 is 0 Å². The Morgan fingerprint density at radius 1 is 1.10 bits per heavy atom. The third-order valence-corrected chi connectivity index (χ3v) is 6.54. The number of aromatic nitrogens is 1. The molecule has 2 aromatic carbocycles. The highest BCUT2D eigenvalue weighted by Crippen LogP contribution is 2.35. The minimum atomic E-state index is -0.250. The van der Waals surface area contributed by atoms with Gasteiger partial charge in [-0.2, -0.15) is 0 Å². The van der Waals surface area contributed by atoms with Crippen LogP contribution in [0.15, 0.2) is 46.2 Å². The maximum absolute atomic E-state index is 13.2. The zero-order valence-electron chi connectivity index (χ0n) is 16.0. The van der Waals surface area contributed by atoms with Crippen molar-refractivity contribution in [3.63, 3.8) is 0 Å². The number of carbonyl (C=O) groups excluding carboxylic acids is 1. The number of amides is 1. The first-order valence-corrected chi connectivity index (χ1v) is 10.3. The zero-order chi connectivity index (χ0) is 20.4. The molecule has 6 rings (SSSR count). The van der Waals surface area contributed by atoms with E-state index < -0.39 is 0 Å². The minimum absolute atomic E-state index is 0.205. The van der Waals surface area contributed by atoms with Crippen LogP contribution in [0, 0.1) is 6.92 Å². The maximum atomic E-state index is 13.2. The lowest BCUT2D eigenvalue weighted by molar-refractivity contribution is -0.110. The van der Waals surface area contributed by atoms with Crippen molar-refractivity contribution in [3.05, 3.63) is 67.2 Å². The van der Waals surface area contributed by atoms with E-state index >= 15 is 0 Å². The molecule has 0 aliphatic carbocycles. The highest BCUT2D eigenvalue weighted by atomic mass is 32.1. The first-order valence-electron chi connectivity index (χ1n) is 9.44. The average Bonchev–Trinajstić information content (AvgIpc) is 3.42. The van der Waals surface area contributed by atoms with Gasteiger partial charge < -0.3 is 19.7 Å². The first kappa shape index (κ1) is 17.3. The Morgan fingerprint density at radius 3 is 2.87 bits per heavy atom. The summed E-state index contributed by atoms with van der Waals surface area (Å²) in [5.41, 5.74) is 3.64. The van der Waals surface area contributed by atoms with Crippen LogP contribution >= 0.6 is 11.3 Å². The summed E-state index contributed by atoms with van der Waals surface area (Å²) in [6.07, 6.45) is 0. The van der Waals surface area contributed by atoms with E-state index in [2.05, 4.69) is 10.3 Å². The number of thiazole rings is 1. The number of hydrogen-bond donors (Lipinski definition) is 1. The van der Waals surface area contributed by atoms with E-state index in [0.717, 1.165) is 22.5 Å². The highest BCUT2D eigenvalue weighted by molar-refractivity contribution is 7.07. The van der Waals surface area contributed by atoms with Crippen LogP contribution in [0.5, 0.6) is 11.5 Å². The summed E-state index contributed by atoms with van der Waals surface area (Å²) in [6.45, 7) is 2.94. The van der Waals surface area contributed by atoms with E-state index in [1.54, 1.807) is 4.57 Å². The van der Waals surface area contributed by atoms with Gasteiger partial charge in [0.2, 0.25) is 6.79 Å². The molecule has 0 radical (unpaired) electrons. The van der Waals surface area contributed by atoms with Gasteiger partial charge in [0.25, 0.3) is 11.5 Å². The summed E-state index contributed by atoms with van der Waals surface area (Å²) < 4.78 is 12.9. The molecular formula is C21H16N4O4S. The number of aryl methyl sites for hydroxylation is 1. The predicted octanol–water partition coefficient (Wildman–Crippen LogP) is 1.15. The molecule has 3 aliphatic heterocycles. The number of benzene rings is 2. The molecule has 0 spiro atoms. The third kappa shape index (κ3) is 2.48. The van der Waals surface area contributed by atoms with Gasteiger partial charge in [0.15, 0.2) is 16.3 Å². The molecule has 150 valence electrons. The predicted molar refractivity (Wildman–Crippen MR) is 112 cm³/mol. The van der Waals surface area contributed by atoms with Gasteiger partial charge in [0.05, 0.1) is 5.57 Å². The van der Waals surface area contributed by atoms with Crippen LogP contribution < -0.4 is 34.6 Å². The van der Waals surface area contributed by atoms with Crippen LogP contribution in [-0.4, -0.2) is 23.9 Å². The lowest BCUT2D eigenvalue weighted by atomic mass is 10.1. The van der Waals surface area contributed by atoms with E-state index in [4.69, 9.17) is 9.47 Å². The summed E-state index contributed by atoms with van der Waals surface area (Å²) in [6, 6.07) is 11.4. The Labute approximate surface area is 174 Å². The molecule has 0 bridgehead atoms. The van der Waals surface area contributed by atoms with Gasteiger partial charge in [0, 0.05) is 23.0 Å². The maximum Gasteiger partial charge on any atom is 0.272 e. The van der Waals surface area contributed by atoms with E-state index in [1.165, 1.54) is 11.3 Å². The number of anilines is 2. The topological polar surface area (TPSA) is 85.2 Å². The normalized spacial score (nSPS) is 18.0. The molecule has 3 aliphatic rings. The van der Waals surface area contributed by atoms with Gasteiger partial charge in [-0.15, -0.1) is 0 Å². The highest BCUT2D eigenvalue weighted by Gasteiger charge is 2.28. The van der Waals surface area contributed by atoms with Crippen molar-refractivity contribution in [2.75, 3.05) is 23.7 Å². The fourth-order valence-electron chi connectivity index (χ4n) is 3.91.